The first kappa shape index (κ1) is 11.5. The molecule has 3 atom stereocenters. The van der Waals surface area contributed by atoms with Crippen LogP contribution in [0, 0.1) is 5.92 Å². The predicted octanol–water partition coefficient (Wildman–Crippen LogP) is -0.210. The van der Waals surface area contributed by atoms with Gasteiger partial charge in [0.05, 0.1) is 6.04 Å². The summed E-state index contributed by atoms with van der Waals surface area (Å²) >= 11 is 0. The summed E-state index contributed by atoms with van der Waals surface area (Å²) in [7, 11) is 0. The van der Waals surface area contributed by atoms with Gasteiger partial charge in [-0.2, -0.15) is 0 Å². The number of carbonyl (C=O) groups is 1. The van der Waals surface area contributed by atoms with Crippen molar-refractivity contribution >= 4 is 5.91 Å². The standard InChI is InChI=1S/C10H21N3O/c1-4-12-10(14)8(3)13-5-7(2)9(11)6-13/h7-9H,4-6,11H2,1-3H3,(H,12,14). The van der Waals surface area contributed by atoms with Crippen molar-refractivity contribution in [2.75, 3.05) is 19.6 Å². The molecule has 0 radical (unpaired) electrons. The van der Waals surface area contributed by atoms with Crippen LogP contribution in [0.2, 0.25) is 0 Å². The lowest BCUT2D eigenvalue weighted by atomic mass is 10.1. The smallest absolute Gasteiger partial charge is 0.237 e. The van der Waals surface area contributed by atoms with Crippen LogP contribution < -0.4 is 11.1 Å². The fourth-order valence-electron chi connectivity index (χ4n) is 1.83. The predicted molar refractivity (Wildman–Crippen MR) is 56.9 cm³/mol. The van der Waals surface area contributed by atoms with E-state index in [-0.39, 0.29) is 18.0 Å². The molecule has 1 aliphatic heterocycles. The fourth-order valence-corrected chi connectivity index (χ4v) is 1.83. The second kappa shape index (κ2) is 4.75. The zero-order valence-electron chi connectivity index (χ0n) is 9.29. The van der Waals surface area contributed by atoms with Gasteiger partial charge < -0.3 is 11.1 Å². The molecule has 0 bridgehead atoms. The molecule has 14 heavy (non-hydrogen) atoms. The molecule has 1 aliphatic rings. The first-order valence-corrected chi connectivity index (χ1v) is 5.33. The van der Waals surface area contributed by atoms with Crippen molar-refractivity contribution < 1.29 is 4.79 Å². The summed E-state index contributed by atoms with van der Waals surface area (Å²) in [6.45, 7) is 8.46. The van der Waals surface area contributed by atoms with Gasteiger partial charge in [-0.05, 0) is 19.8 Å². The van der Waals surface area contributed by atoms with Gasteiger partial charge in [-0.1, -0.05) is 6.92 Å². The largest absolute Gasteiger partial charge is 0.355 e. The molecule has 0 spiro atoms. The maximum atomic E-state index is 11.5. The molecule has 1 rings (SSSR count). The Morgan fingerprint density at radius 2 is 2.29 bits per heavy atom. The van der Waals surface area contributed by atoms with Crippen LogP contribution in [0.15, 0.2) is 0 Å². The Morgan fingerprint density at radius 1 is 1.64 bits per heavy atom. The quantitative estimate of drug-likeness (QED) is 0.661. The fraction of sp³-hybridized carbons (Fsp3) is 0.900. The Bertz CT molecular complexity index is 198. The first-order chi connectivity index (χ1) is 6.56. The molecule has 1 amide bonds. The van der Waals surface area contributed by atoms with Gasteiger partial charge in [0.2, 0.25) is 5.91 Å². The molecule has 4 heteroatoms. The minimum Gasteiger partial charge on any atom is -0.355 e. The van der Waals surface area contributed by atoms with Gasteiger partial charge in [0.25, 0.3) is 0 Å². The Balaban J connectivity index is 2.46. The van der Waals surface area contributed by atoms with E-state index < -0.39 is 0 Å². The minimum atomic E-state index is -0.0500. The summed E-state index contributed by atoms with van der Waals surface area (Å²) in [6.07, 6.45) is 0. The van der Waals surface area contributed by atoms with Gasteiger partial charge in [0.15, 0.2) is 0 Å². The van der Waals surface area contributed by atoms with Crippen LogP contribution in [0.25, 0.3) is 0 Å². The minimum absolute atomic E-state index is 0.0500. The highest BCUT2D eigenvalue weighted by molar-refractivity contribution is 5.81. The van der Waals surface area contributed by atoms with Gasteiger partial charge >= 0.3 is 0 Å². The van der Waals surface area contributed by atoms with Crippen LogP contribution in [-0.4, -0.2) is 42.5 Å². The van der Waals surface area contributed by atoms with Crippen molar-refractivity contribution in [2.45, 2.75) is 32.9 Å². The zero-order valence-corrected chi connectivity index (χ0v) is 9.29. The molecular formula is C10H21N3O. The molecule has 0 aromatic carbocycles. The monoisotopic (exact) mass is 199 g/mol. The van der Waals surface area contributed by atoms with Crippen LogP contribution in [0.1, 0.15) is 20.8 Å². The van der Waals surface area contributed by atoms with E-state index in [9.17, 15) is 4.79 Å². The molecule has 0 aromatic rings. The van der Waals surface area contributed by atoms with E-state index in [0.29, 0.717) is 12.5 Å². The topological polar surface area (TPSA) is 58.4 Å². The molecule has 3 N–H and O–H groups in total. The van der Waals surface area contributed by atoms with Crippen LogP contribution in [-0.2, 0) is 4.79 Å². The molecule has 0 aliphatic carbocycles. The molecule has 3 unspecified atom stereocenters. The highest BCUT2D eigenvalue weighted by Gasteiger charge is 2.32. The van der Waals surface area contributed by atoms with E-state index >= 15 is 0 Å². The van der Waals surface area contributed by atoms with Gasteiger partial charge in [0, 0.05) is 25.7 Å². The number of nitrogens with two attached hydrogens (primary N) is 1. The van der Waals surface area contributed by atoms with Crippen LogP contribution >= 0.6 is 0 Å². The van der Waals surface area contributed by atoms with Crippen molar-refractivity contribution in [3.63, 3.8) is 0 Å². The molecular weight excluding hydrogens is 178 g/mol. The molecule has 1 heterocycles. The van der Waals surface area contributed by atoms with Crippen LogP contribution in [0.4, 0.5) is 0 Å². The zero-order chi connectivity index (χ0) is 10.7. The third-order valence-electron chi connectivity index (χ3n) is 2.98. The van der Waals surface area contributed by atoms with Crippen molar-refractivity contribution in [3.05, 3.63) is 0 Å². The van der Waals surface area contributed by atoms with Crippen molar-refractivity contribution in [3.8, 4) is 0 Å². The molecule has 0 saturated carbocycles. The number of rotatable bonds is 3. The third-order valence-corrected chi connectivity index (χ3v) is 2.98. The van der Waals surface area contributed by atoms with Crippen molar-refractivity contribution in [2.24, 2.45) is 11.7 Å². The molecule has 0 aromatic heterocycles. The van der Waals surface area contributed by atoms with E-state index in [2.05, 4.69) is 17.1 Å². The number of carbonyl (C=O) groups excluding carboxylic acids is 1. The second-order valence-electron chi connectivity index (χ2n) is 4.17. The second-order valence-corrected chi connectivity index (χ2v) is 4.17. The highest BCUT2D eigenvalue weighted by atomic mass is 16.2. The van der Waals surface area contributed by atoms with Crippen molar-refractivity contribution in [1.82, 2.24) is 10.2 Å². The van der Waals surface area contributed by atoms with Crippen LogP contribution in [0.3, 0.4) is 0 Å². The molecule has 4 nitrogen and oxygen atoms in total. The lowest BCUT2D eigenvalue weighted by Crippen LogP contribution is -2.44. The molecule has 82 valence electrons. The number of amides is 1. The lowest BCUT2D eigenvalue weighted by Gasteiger charge is -2.22. The van der Waals surface area contributed by atoms with Gasteiger partial charge in [0.1, 0.15) is 0 Å². The summed E-state index contributed by atoms with van der Waals surface area (Å²) in [5.41, 5.74) is 5.91. The summed E-state index contributed by atoms with van der Waals surface area (Å²) in [4.78, 5) is 13.7. The average molecular weight is 199 g/mol. The van der Waals surface area contributed by atoms with Gasteiger partial charge in [-0.3, -0.25) is 9.69 Å². The van der Waals surface area contributed by atoms with E-state index in [0.717, 1.165) is 13.1 Å². The number of likely N-dealkylation sites (N-methyl/N-ethyl adjacent to an activating group) is 1. The average Bonchev–Trinajstić information content (AvgIpc) is 2.46. The summed E-state index contributed by atoms with van der Waals surface area (Å²) in [6, 6.07) is 0.165. The Labute approximate surface area is 85.8 Å². The Kier molecular flexibility index (Phi) is 3.89. The number of hydrogen-bond acceptors (Lipinski definition) is 3. The van der Waals surface area contributed by atoms with E-state index in [4.69, 9.17) is 5.73 Å². The Morgan fingerprint density at radius 3 is 2.71 bits per heavy atom. The van der Waals surface area contributed by atoms with E-state index in [1.54, 1.807) is 0 Å². The summed E-state index contributed by atoms with van der Waals surface area (Å²) < 4.78 is 0. The first-order valence-electron chi connectivity index (χ1n) is 5.33. The number of nitrogens with zero attached hydrogens (tertiary/aromatic N) is 1. The molecule has 1 fully saturated rings. The number of likely N-dealkylation sites (tertiary alicyclic amines) is 1. The molecule has 1 saturated heterocycles. The SMILES string of the molecule is CCNC(=O)C(C)N1CC(C)C(N)C1. The number of nitrogens with one attached hydrogen (secondary N) is 1. The maximum absolute atomic E-state index is 11.5. The summed E-state index contributed by atoms with van der Waals surface area (Å²) in [5, 5.41) is 2.83. The van der Waals surface area contributed by atoms with Gasteiger partial charge in [-0.25, -0.2) is 0 Å². The van der Waals surface area contributed by atoms with Gasteiger partial charge in [-0.15, -0.1) is 0 Å². The third kappa shape index (κ3) is 2.45. The summed E-state index contributed by atoms with van der Waals surface area (Å²) in [5.74, 6) is 0.598. The lowest BCUT2D eigenvalue weighted by molar-refractivity contribution is -0.125. The normalized spacial score (nSPS) is 30.3. The van der Waals surface area contributed by atoms with E-state index in [1.807, 2.05) is 13.8 Å². The Hall–Kier alpha value is -0.610. The maximum Gasteiger partial charge on any atom is 0.237 e. The highest BCUT2D eigenvalue weighted by Crippen LogP contribution is 2.16. The van der Waals surface area contributed by atoms with Crippen LogP contribution in [0.5, 0.6) is 0 Å². The number of hydrogen-bond donors (Lipinski definition) is 2. The van der Waals surface area contributed by atoms with E-state index in [1.165, 1.54) is 0 Å². The van der Waals surface area contributed by atoms with Crippen molar-refractivity contribution in [1.29, 1.82) is 0 Å².